The molecule has 0 atom stereocenters. The van der Waals surface area contributed by atoms with E-state index in [0.29, 0.717) is 34.4 Å². The first-order chi connectivity index (χ1) is 14.5. The lowest BCUT2D eigenvalue weighted by molar-refractivity contribution is -0.112. The van der Waals surface area contributed by atoms with Crippen LogP contribution in [0.25, 0.3) is 6.08 Å². The summed E-state index contributed by atoms with van der Waals surface area (Å²) in [6.07, 6.45) is 6.01. The number of carbonyl (C=O) groups excluding carboxylic acids is 1. The molecule has 0 aliphatic carbocycles. The average molecular weight is 427 g/mol. The van der Waals surface area contributed by atoms with Crippen molar-refractivity contribution in [2.24, 2.45) is 0 Å². The molecule has 0 spiro atoms. The lowest BCUT2D eigenvalue weighted by atomic mass is 10.1. The molecular weight excluding hydrogens is 400 g/mol. The van der Waals surface area contributed by atoms with Crippen molar-refractivity contribution in [2.45, 2.75) is 39.5 Å². The van der Waals surface area contributed by atoms with Gasteiger partial charge in [-0.25, -0.2) is 0 Å². The van der Waals surface area contributed by atoms with Crippen molar-refractivity contribution < 1.29 is 14.3 Å². The van der Waals surface area contributed by atoms with E-state index in [9.17, 15) is 10.1 Å². The maximum atomic E-state index is 12.5. The second-order valence-corrected chi connectivity index (χ2v) is 7.34. The Bertz CT molecular complexity index is 948. The molecule has 0 aliphatic heterocycles. The van der Waals surface area contributed by atoms with E-state index in [-0.39, 0.29) is 5.57 Å². The van der Waals surface area contributed by atoms with Crippen molar-refractivity contribution in [1.82, 2.24) is 0 Å². The highest BCUT2D eigenvalue weighted by molar-refractivity contribution is 6.30. The Morgan fingerprint density at radius 3 is 2.63 bits per heavy atom. The van der Waals surface area contributed by atoms with Crippen LogP contribution < -0.4 is 14.8 Å². The Labute approximate surface area is 183 Å². The quantitative estimate of drug-likeness (QED) is 0.280. The fraction of sp³-hybridized carbons (Fsp3) is 0.333. The highest BCUT2D eigenvalue weighted by atomic mass is 35.5. The Morgan fingerprint density at radius 2 is 1.97 bits per heavy atom. The van der Waals surface area contributed by atoms with Crippen molar-refractivity contribution in [2.75, 3.05) is 19.0 Å². The van der Waals surface area contributed by atoms with Crippen molar-refractivity contribution in [1.29, 1.82) is 5.26 Å². The Hall–Kier alpha value is -2.97. The maximum absolute atomic E-state index is 12.5. The number of unbranched alkanes of at least 4 members (excludes halogenated alkanes) is 3. The summed E-state index contributed by atoms with van der Waals surface area (Å²) < 4.78 is 11.2. The van der Waals surface area contributed by atoms with Crippen LogP contribution in [-0.2, 0) is 4.79 Å². The summed E-state index contributed by atoms with van der Waals surface area (Å²) in [6.45, 7) is 4.63. The second kappa shape index (κ2) is 11.9. The smallest absolute Gasteiger partial charge is 0.266 e. The molecule has 0 aliphatic rings. The Kier molecular flexibility index (Phi) is 9.24. The zero-order valence-corrected chi connectivity index (χ0v) is 18.4. The van der Waals surface area contributed by atoms with Crippen LogP contribution in [0.1, 0.15) is 43.7 Å². The van der Waals surface area contributed by atoms with Crippen molar-refractivity contribution in [3.63, 3.8) is 0 Å². The number of amides is 1. The molecule has 0 heterocycles. The molecule has 0 bridgehead atoms. The van der Waals surface area contributed by atoms with Crippen LogP contribution in [0, 0.1) is 18.3 Å². The lowest BCUT2D eigenvalue weighted by Gasteiger charge is -2.11. The van der Waals surface area contributed by atoms with Gasteiger partial charge in [0.25, 0.3) is 5.91 Å². The Balaban J connectivity index is 2.12. The van der Waals surface area contributed by atoms with E-state index in [1.54, 1.807) is 43.5 Å². The molecule has 2 aromatic carbocycles. The minimum absolute atomic E-state index is 0.0142. The number of anilines is 1. The third kappa shape index (κ3) is 6.82. The van der Waals surface area contributed by atoms with Gasteiger partial charge in [-0.15, -0.1) is 0 Å². The van der Waals surface area contributed by atoms with Gasteiger partial charge in [0.15, 0.2) is 11.5 Å². The molecule has 0 unspecified atom stereocenters. The summed E-state index contributed by atoms with van der Waals surface area (Å²) in [6, 6.07) is 12.4. The predicted molar refractivity (Wildman–Crippen MR) is 121 cm³/mol. The van der Waals surface area contributed by atoms with Gasteiger partial charge in [0, 0.05) is 10.7 Å². The zero-order valence-electron chi connectivity index (χ0n) is 17.6. The minimum atomic E-state index is -0.488. The summed E-state index contributed by atoms with van der Waals surface area (Å²) in [5, 5.41) is 12.8. The van der Waals surface area contributed by atoms with Crippen LogP contribution in [0.5, 0.6) is 11.5 Å². The molecule has 158 valence electrons. The van der Waals surface area contributed by atoms with Gasteiger partial charge in [0.05, 0.1) is 13.7 Å². The normalized spacial score (nSPS) is 11.0. The van der Waals surface area contributed by atoms with E-state index in [1.807, 2.05) is 13.0 Å². The molecule has 2 rings (SSSR count). The molecule has 5 nitrogen and oxygen atoms in total. The number of hydrogen-bond donors (Lipinski definition) is 1. The first kappa shape index (κ1) is 23.3. The fourth-order valence-electron chi connectivity index (χ4n) is 2.88. The third-order valence-corrected chi connectivity index (χ3v) is 4.79. The first-order valence-electron chi connectivity index (χ1n) is 9.98. The van der Waals surface area contributed by atoms with E-state index in [4.69, 9.17) is 21.1 Å². The van der Waals surface area contributed by atoms with E-state index in [2.05, 4.69) is 12.2 Å². The van der Waals surface area contributed by atoms with Gasteiger partial charge < -0.3 is 14.8 Å². The van der Waals surface area contributed by atoms with E-state index in [0.717, 1.165) is 18.4 Å². The van der Waals surface area contributed by atoms with Gasteiger partial charge >= 0.3 is 0 Å². The summed E-state index contributed by atoms with van der Waals surface area (Å²) >= 11 is 5.95. The molecule has 1 N–H and O–H groups in total. The first-order valence-corrected chi connectivity index (χ1v) is 10.4. The lowest BCUT2D eigenvalue weighted by Crippen LogP contribution is -2.14. The molecule has 2 aromatic rings. The number of benzene rings is 2. The fourth-order valence-corrected chi connectivity index (χ4v) is 3.10. The van der Waals surface area contributed by atoms with Crippen LogP contribution in [-0.4, -0.2) is 19.6 Å². The Morgan fingerprint density at radius 1 is 1.17 bits per heavy atom. The summed E-state index contributed by atoms with van der Waals surface area (Å²) in [7, 11) is 1.56. The molecule has 0 saturated heterocycles. The number of halogens is 1. The van der Waals surface area contributed by atoms with Gasteiger partial charge in [-0.1, -0.05) is 43.9 Å². The van der Waals surface area contributed by atoms with Crippen molar-refractivity contribution in [3.8, 4) is 17.6 Å². The molecule has 0 radical (unpaired) electrons. The van der Waals surface area contributed by atoms with Crippen molar-refractivity contribution >= 4 is 29.3 Å². The standard InChI is InChI=1S/C24H27ClN2O3/c1-4-5-6-7-12-30-22-11-8-18(15-23(22)29-3)14-19(16-26)24(28)27-21-10-9-20(25)13-17(21)2/h8-11,13-15H,4-7,12H2,1-3H3,(H,27,28)/b19-14-. The van der Waals surface area contributed by atoms with Gasteiger partial charge in [0.2, 0.25) is 0 Å². The molecule has 30 heavy (non-hydrogen) atoms. The predicted octanol–water partition coefficient (Wildman–Crippen LogP) is 6.16. The number of methoxy groups -OCH3 is 1. The number of ether oxygens (including phenoxy) is 2. The molecule has 0 aromatic heterocycles. The molecule has 6 heteroatoms. The number of nitriles is 1. The number of rotatable bonds is 10. The van der Waals surface area contributed by atoms with Gasteiger partial charge in [0.1, 0.15) is 11.6 Å². The molecule has 0 fully saturated rings. The van der Waals surface area contributed by atoms with Crippen molar-refractivity contribution in [3.05, 3.63) is 58.1 Å². The van der Waals surface area contributed by atoms with Gasteiger partial charge in [-0.2, -0.15) is 5.26 Å². The zero-order chi connectivity index (χ0) is 21.9. The number of aryl methyl sites for hydroxylation is 1. The number of carbonyl (C=O) groups is 1. The number of nitrogens with zero attached hydrogens (tertiary/aromatic N) is 1. The van der Waals surface area contributed by atoms with Crippen LogP contribution in [0.4, 0.5) is 5.69 Å². The SMILES string of the molecule is CCCCCCOc1ccc(/C=C(/C#N)C(=O)Nc2ccc(Cl)cc2C)cc1OC. The van der Waals surface area contributed by atoms with E-state index in [1.165, 1.54) is 18.9 Å². The summed E-state index contributed by atoms with van der Waals surface area (Å²) in [5.41, 5.74) is 2.08. The van der Waals surface area contributed by atoms with Crippen LogP contribution in [0.15, 0.2) is 42.0 Å². The summed E-state index contributed by atoms with van der Waals surface area (Å²) in [5.74, 6) is 0.717. The molecule has 0 saturated carbocycles. The monoisotopic (exact) mass is 426 g/mol. The highest BCUT2D eigenvalue weighted by Crippen LogP contribution is 2.29. The molecular formula is C24H27ClN2O3. The van der Waals surface area contributed by atoms with E-state index >= 15 is 0 Å². The third-order valence-electron chi connectivity index (χ3n) is 4.56. The largest absolute Gasteiger partial charge is 0.493 e. The minimum Gasteiger partial charge on any atom is -0.493 e. The molecule has 1 amide bonds. The average Bonchev–Trinajstić information content (AvgIpc) is 2.74. The highest BCUT2D eigenvalue weighted by Gasteiger charge is 2.12. The topological polar surface area (TPSA) is 71.3 Å². The second-order valence-electron chi connectivity index (χ2n) is 6.90. The van der Waals surface area contributed by atoms with Gasteiger partial charge in [-0.05, 0) is 60.9 Å². The van der Waals surface area contributed by atoms with E-state index < -0.39 is 5.91 Å². The van der Waals surface area contributed by atoms with Crippen LogP contribution in [0.2, 0.25) is 5.02 Å². The number of hydrogen-bond acceptors (Lipinski definition) is 4. The van der Waals surface area contributed by atoms with Crippen LogP contribution in [0.3, 0.4) is 0 Å². The maximum Gasteiger partial charge on any atom is 0.266 e. The number of nitrogens with one attached hydrogen (secondary N) is 1. The summed E-state index contributed by atoms with van der Waals surface area (Å²) in [4.78, 5) is 12.5. The van der Waals surface area contributed by atoms with Crippen LogP contribution >= 0.6 is 11.6 Å². The van der Waals surface area contributed by atoms with Gasteiger partial charge in [-0.3, -0.25) is 4.79 Å².